The highest BCUT2D eigenvalue weighted by Crippen LogP contribution is 2.48. The fourth-order valence-electron chi connectivity index (χ4n) is 6.19. The van der Waals surface area contributed by atoms with Crippen molar-refractivity contribution in [2.24, 2.45) is 11.8 Å². The maximum absolute atomic E-state index is 13.5. The van der Waals surface area contributed by atoms with Crippen molar-refractivity contribution in [1.29, 1.82) is 0 Å². The van der Waals surface area contributed by atoms with Crippen LogP contribution in [0.15, 0.2) is 36.4 Å². The number of aryl methyl sites for hydroxylation is 1. The Labute approximate surface area is 198 Å². The average molecular weight is 464 g/mol. The highest BCUT2D eigenvalue weighted by atomic mass is 19.1. The molecule has 4 aliphatic rings. The first-order chi connectivity index (χ1) is 16.5. The Morgan fingerprint density at radius 1 is 1.15 bits per heavy atom. The molecule has 0 radical (unpaired) electrons. The maximum Gasteiger partial charge on any atom is 0.243 e. The summed E-state index contributed by atoms with van der Waals surface area (Å²) in [5.74, 6) is 1.01. The highest BCUT2D eigenvalue weighted by molar-refractivity contribution is 5.91. The van der Waals surface area contributed by atoms with Crippen LogP contribution in [0.4, 0.5) is 10.2 Å². The second kappa shape index (κ2) is 8.34. The third-order valence-electron chi connectivity index (χ3n) is 8.01. The predicted octanol–water partition coefficient (Wildman–Crippen LogP) is 2.12. The molecular weight excluding hydrogens is 433 g/mol. The molecule has 6 rings (SSSR count). The third-order valence-corrected chi connectivity index (χ3v) is 8.01. The number of benzene rings is 1. The van der Waals surface area contributed by atoms with Gasteiger partial charge in [-0.3, -0.25) is 9.59 Å². The van der Waals surface area contributed by atoms with Gasteiger partial charge in [0.05, 0.1) is 12.1 Å². The molecule has 34 heavy (non-hydrogen) atoms. The van der Waals surface area contributed by atoms with Gasteiger partial charge < -0.3 is 21.3 Å². The molecule has 7 nitrogen and oxygen atoms in total. The van der Waals surface area contributed by atoms with Gasteiger partial charge in [0, 0.05) is 11.7 Å². The molecule has 1 aromatic carbocycles. The molecule has 0 unspecified atom stereocenters. The number of likely N-dealkylation sites (tertiary alicyclic amines) is 1. The molecule has 2 aliphatic heterocycles. The number of piperidine rings is 1. The largest absolute Gasteiger partial charge is 0.384 e. The van der Waals surface area contributed by atoms with Gasteiger partial charge in [-0.25, -0.2) is 9.37 Å². The summed E-state index contributed by atoms with van der Waals surface area (Å²) < 4.78 is 13.2. The van der Waals surface area contributed by atoms with Crippen molar-refractivity contribution in [2.75, 3.05) is 12.3 Å². The minimum Gasteiger partial charge on any atom is -0.384 e. The second-order valence-corrected chi connectivity index (χ2v) is 10.3. The number of carbonyl (C=O) groups excluding carboxylic acids is 2. The summed E-state index contributed by atoms with van der Waals surface area (Å²) in [4.78, 5) is 33.1. The molecule has 0 spiro atoms. The van der Waals surface area contributed by atoms with E-state index in [0.29, 0.717) is 17.7 Å². The van der Waals surface area contributed by atoms with E-state index in [-0.39, 0.29) is 35.8 Å². The molecule has 2 aromatic rings. The van der Waals surface area contributed by atoms with Crippen LogP contribution in [0, 0.1) is 17.7 Å². The Morgan fingerprint density at radius 2 is 1.97 bits per heavy atom. The minimum atomic E-state index is -0.403. The van der Waals surface area contributed by atoms with Crippen LogP contribution in [0.25, 0.3) is 0 Å². The van der Waals surface area contributed by atoms with Crippen LogP contribution in [0.5, 0.6) is 0 Å². The zero-order valence-corrected chi connectivity index (χ0v) is 19.0. The molecule has 0 bridgehead atoms. The number of nitrogens with one attached hydrogen (secondary N) is 2. The fraction of sp³-hybridized carbons (Fsp3) is 0.500. The van der Waals surface area contributed by atoms with Crippen molar-refractivity contribution in [2.45, 2.75) is 62.7 Å². The van der Waals surface area contributed by atoms with Crippen molar-refractivity contribution < 1.29 is 14.0 Å². The molecule has 2 amide bonds. The number of pyridine rings is 1. The van der Waals surface area contributed by atoms with Gasteiger partial charge in [-0.15, -0.1) is 0 Å². The molecule has 178 valence electrons. The van der Waals surface area contributed by atoms with E-state index in [1.165, 1.54) is 12.1 Å². The van der Waals surface area contributed by atoms with Crippen molar-refractivity contribution in [3.8, 4) is 0 Å². The predicted molar refractivity (Wildman–Crippen MR) is 125 cm³/mol. The van der Waals surface area contributed by atoms with Crippen molar-refractivity contribution in [3.63, 3.8) is 0 Å². The van der Waals surface area contributed by atoms with E-state index in [0.717, 1.165) is 61.9 Å². The summed E-state index contributed by atoms with van der Waals surface area (Å²) in [5, 5.41) is 6.58. The fourth-order valence-corrected chi connectivity index (χ4v) is 6.19. The lowest BCUT2D eigenvalue weighted by Crippen LogP contribution is -2.53. The Balaban J connectivity index is 1.10. The topological polar surface area (TPSA) is 100 Å². The number of nitrogens with zero attached hydrogens (tertiary/aromatic N) is 2. The summed E-state index contributed by atoms with van der Waals surface area (Å²) in [6.45, 7) is 0.752. The van der Waals surface area contributed by atoms with Gasteiger partial charge in [0.15, 0.2) is 0 Å². The Morgan fingerprint density at radius 3 is 2.79 bits per heavy atom. The lowest BCUT2D eigenvalue weighted by Gasteiger charge is -2.30. The second-order valence-electron chi connectivity index (χ2n) is 10.3. The van der Waals surface area contributed by atoms with Crippen molar-refractivity contribution >= 4 is 17.6 Å². The van der Waals surface area contributed by atoms with E-state index in [9.17, 15) is 14.0 Å². The third kappa shape index (κ3) is 3.94. The molecular formula is C26H30FN5O2. The quantitative estimate of drug-likeness (QED) is 0.631. The monoisotopic (exact) mass is 463 g/mol. The maximum atomic E-state index is 13.5. The highest BCUT2D eigenvalue weighted by Gasteiger charge is 2.57. The van der Waals surface area contributed by atoms with Crippen LogP contribution < -0.4 is 16.4 Å². The number of amides is 2. The summed E-state index contributed by atoms with van der Waals surface area (Å²) in [7, 11) is 0. The molecule has 1 saturated carbocycles. The molecule has 3 fully saturated rings. The zero-order valence-electron chi connectivity index (χ0n) is 19.0. The summed E-state index contributed by atoms with van der Waals surface area (Å²) in [6, 6.07) is 9.76. The molecule has 4 N–H and O–H groups in total. The summed E-state index contributed by atoms with van der Waals surface area (Å²) >= 11 is 0. The zero-order chi connectivity index (χ0) is 23.4. The lowest BCUT2D eigenvalue weighted by molar-refractivity contribution is -0.141. The number of nitrogens with two attached hydrogens (primary N) is 1. The number of hydrogen-bond acceptors (Lipinski definition) is 5. The molecule has 3 heterocycles. The molecule has 1 aromatic heterocycles. The number of halogens is 1. The number of aromatic nitrogens is 1. The normalized spacial score (nSPS) is 31.3. The van der Waals surface area contributed by atoms with E-state index in [2.05, 4.69) is 15.6 Å². The van der Waals surface area contributed by atoms with E-state index in [1.807, 2.05) is 23.1 Å². The van der Waals surface area contributed by atoms with Crippen LogP contribution in [-0.2, 0) is 22.4 Å². The van der Waals surface area contributed by atoms with Crippen LogP contribution in [0.1, 0.15) is 48.5 Å². The van der Waals surface area contributed by atoms with Crippen LogP contribution in [-0.4, -0.2) is 46.4 Å². The number of hydrogen-bond donors (Lipinski definition) is 3. The molecule has 6 atom stereocenters. The first-order valence-electron chi connectivity index (χ1n) is 12.3. The molecule has 2 saturated heterocycles. The van der Waals surface area contributed by atoms with Gasteiger partial charge in [-0.1, -0.05) is 18.2 Å². The van der Waals surface area contributed by atoms with Gasteiger partial charge >= 0.3 is 0 Å². The van der Waals surface area contributed by atoms with Gasteiger partial charge in [-0.2, -0.15) is 0 Å². The van der Waals surface area contributed by atoms with Crippen LogP contribution in [0.3, 0.4) is 0 Å². The minimum absolute atomic E-state index is 0.0491. The van der Waals surface area contributed by atoms with Gasteiger partial charge in [0.25, 0.3) is 0 Å². The van der Waals surface area contributed by atoms with E-state index < -0.39 is 6.04 Å². The molecule has 2 aliphatic carbocycles. The number of fused-ring (bicyclic) bond motifs is 2. The summed E-state index contributed by atoms with van der Waals surface area (Å²) in [5.41, 5.74) is 8.87. The number of nitrogen functional groups attached to an aromatic ring is 1. The van der Waals surface area contributed by atoms with Crippen LogP contribution in [0.2, 0.25) is 0 Å². The first kappa shape index (κ1) is 21.5. The van der Waals surface area contributed by atoms with Crippen molar-refractivity contribution in [1.82, 2.24) is 20.5 Å². The van der Waals surface area contributed by atoms with Gasteiger partial charge in [0.1, 0.15) is 17.7 Å². The summed E-state index contributed by atoms with van der Waals surface area (Å²) in [6.07, 6.45) is 4.89. The van der Waals surface area contributed by atoms with E-state index >= 15 is 0 Å². The molecule has 8 heteroatoms. The smallest absolute Gasteiger partial charge is 0.243 e. The Hall–Kier alpha value is -3.00. The Bertz CT molecular complexity index is 1120. The van der Waals surface area contributed by atoms with E-state index in [1.54, 1.807) is 6.07 Å². The standard InChI is InChI=1S/C26H30FN5O2/c27-17-3-1-14(2-4-17)9-15-10-21(29-13-15)26(34)32-22-11-16(22)12-23(32)25(33)31-20-7-6-19-18(20)5-8-24(28)30-19/h1-5,8,15-16,20-23,29H,6-7,9-13H2,(H2,28,30)(H,31,33)/t15-,16-,20+,21+,22-,23-/m0/s1. The average Bonchev–Trinajstić information content (AvgIpc) is 3.15. The van der Waals surface area contributed by atoms with Crippen molar-refractivity contribution in [3.05, 3.63) is 59.0 Å². The van der Waals surface area contributed by atoms with E-state index in [4.69, 9.17) is 5.73 Å². The van der Waals surface area contributed by atoms with Gasteiger partial charge in [0.2, 0.25) is 11.8 Å². The Kier molecular flexibility index (Phi) is 5.28. The number of anilines is 1. The number of carbonyl (C=O) groups is 2. The lowest BCUT2D eigenvalue weighted by atomic mass is 9.96. The van der Waals surface area contributed by atoms with Gasteiger partial charge in [-0.05, 0) is 86.2 Å². The first-order valence-corrected chi connectivity index (χ1v) is 12.3. The SMILES string of the molecule is Nc1ccc2c(n1)CC[C@H]2NC(=O)[C@@H]1C[C@@H]2C[C@@H]2N1C(=O)[C@H]1C[C@H](Cc2ccc(F)cc2)CN1. The number of rotatable bonds is 5. The van der Waals surface area contributed by atoms with Crippen LogP contribution >= 0.6 is 0 Å².